The minimum atomic E-state index is -0.0752. The average Bonchev–Trinajstić information content (AvgIpc) is 2.86. The van der Waals surface area contributed by atoms with Crippen LogP contribution in [0, 0.1) is 0 Å². The van der Waals surface area contributed by atoms with Gasteiger partial charge in [0, 0.05) is 0 Å². The Kier molecular flexibility index (Phi) is 8.14. The summed E-state index contributed by atoms with van der Waals surface area (Å²) in [6.07, 6.45) is 0. The minimum Gasteiger partial charge on any atom is -0.349 e. The van der Waals surface area contributed by atoms with Crippen LogP contribution >= 0.6 is 21.6 Å². The summed E-state index contributed by atoms with van der Waals surface area (Å²) in [6.45, 7) is 3.98. The molecular formula is C28H28N2O2S2. The van der Waals surface area contributed by atoms with Crippen molar-refractivity contribution in [1.82, 2.24) is 10.6 Å². The number of benzene rings is 4. The molecule has 0 unspecified atom stereocenters. The Bertz CT molecular complexity index is 1210. The van der Waals surface area contributed by atoms with Crippen molar-refractivity contribution in [2.75, 3.05) is 11.5 Å². The lowest BCUT2D eigenvalue weighted by molar-refractivity contribution is -0.120. The molecule has 0 saturated carbocycles. The van der Waals surface area contributed by atoms with Gasteiger partial charge in [-0.1, -0.05) is 94.4 Å². The zero-order chi connectivity index (χ0) is 23.9. The van der Waals surface area contributed by atoms with Gasteiger partial charge in [-0.15, -0.1) is 0 Å². The SMILES string of the molecule is C[C@@H](NC(=O)CSSCC(=O)N[C@H](C)c1ccc2ccccc2c1)c1ccc2ccccc2c1. The van der Waals surface area contributed by atoms with Crippen molar-refractivity contribution in [1.29, 1.82) is 0 Å². The van der Waals surface area contributed by atoms with Gasteiger partial charge in [0.2, 0.25) is 11.8 Å². The Hall–Kier alpha value is -2.96. The van der Waals surface area contributed by atoms with E-state index in [0.717, 1.165) is 21.9 Å². The molecule has 4 aromatic rings. The van der Waals surface area contributed by atoms with E-state index < -0.39 is 0 Å². The quantitative estimate of drug-likeness (QED) is 0.211. The van der Waals surface area contributed by atoms with Gasteiger partial charge in [-0.3, -0.25) is 9.59 Å². The molecule has 0 spiro atoms. The third-order valence-corrected chi connectivity index (χ3v) is 7.90. The molecule has 174 valence electrons. The molecule has 0 radical (unpaired) electrons. The summed E-state index contributed by atoms with van der Waals surface area (Å²) in [5, 5.41) is 10.8. The smallest absolute Gasteiger partial charge is 0.231 e. The highest BCUT2D eigenvalue weighted by molar-refractivity contribution is 8.77. The van der Waals surface area contributed by atoms with Crippen LogP contribution in [0.25, 0.3) is 21.5 Å². The van der Waals surface area contributed by atoms with Gasteiger partial charge in [0.1, 0.15) is 0 Å². The summed E-state index contributed by atoms with van der Waals surface area (Å²) in [5.74, 6) is 0.526. The first-order valence-corrected chi connectivity index (χ1v) is 13.8. The van der Waals surface area contributed by atoms with Crippen LogP contribution in [0.1, 0.15) is 37.1 Å². The first-order chi connectivity index (χ1) is 16.5. The fraction of sp³-hybridized carbons (Fsp3) is 0.214. The third-order valence-electron chi connectivity index (χ3n) is 5.77. The molecule has 4 rings (SSSR count). The largest absolute Gasteiger partial charge is 0.349 e. The minimum absolute atomic E-state index is 0.0388. The summed E-state index contributed by atoms with van der Waals surface area (Å²) in [6, 6.07) is 28.7. The van der Waals surface area contributed by atoms with Crippen LogP contribution in [0.3, 0.4) is 0 Å². The number of hydrogen-bond acceptors (Lipinski definition) is 4. The lowest BCUT2D eigenvalue weighted by Gasteiger charge is -2.16. The molecule has 0 bridgehead atoms. The van der Waals surface area contributed by atoms with E-state index in [0.29, 0.717) is 11.5 Å². The van der Waals surface area contributed by atoms with E-state index in [9.17, 15) is 9.59 Å². The molecule has 0 aliphatic carbocycles. The average molecular weight is 489 g/mol. The van der Waals surface area contributed by atoms with Gasteiger partial charge in [-0.05, 0) is 58.7 Å². The van der Waals surface area contributed by atoms with E-state index >= 15 is 0 Å². The van der Waals surface area contributed by atoms with Crippen molar-refractivity contribution >= 4 is 54.9 Å². The van der Waals surface area contributed by atoms with Gasteiger partial charge in [0.15, 0.2) is 0 Å². The monoisotopic (exact) mass is 488 g/mol. The lowest BCUT2D eigenvalue weighted by atomic mass is 10.0. The predicted octanol–water partition coefficient (Wildman–Crippen LogP) is 6.43. The van der Waals surface area contributed by atoms with Crippen LogP contribution in [-0.4, -0.2) is 23.3 Å². The van der Waals surface area contributed by atoms with Gasteiger partial charge < -0.3 is 10.6 Å². The maximum atomic E-state index is 12.4. The highest BCUT2D eigenvalue weighted by Gasteiger charge is 2.13. The van der Waals surface area contributed by atoms with E-state index in [4.69, 9.17) is 0 Å². The highest BCUT2D eigenvalue weighted by Crippen LogP contribution is 2.24. The normalized spacial score (nSPS) is 12.9. The van der Waals surface area contributed by atoms with Crippen molar-refractivity contribution in [3.63, 3.8) is 0 Å². The number of fused-ring (bicyclic) bond motifs is 2. The van der Waals surface area contributed by atoms with Crippen LogP contribution in [0.4, 0.5) is 0 Å². The first-order valence-electron chi connectivity index (χ1n) is 11.3. The second kappa shape index (κ2) is 11.4. The standard InChI is InChI=1S/C28H28N2O2S2/c1-19(23-13-11-21-7-3-5-9-25(21)15-23)29-27(31)17-33-34-18-28(32)30-20(2)24-14-12-22-8-4-6-10-26(22)16-24/h3-16,19-20H,17-18H2,1-2H3,(H,29,31)(H,30,32)/t19-,20-/m1/s1. The van der Waals surface area contributed by atoms with Gasteiger partial charge in [0.05, 0.1) is 23.6 Å². The molecule has 4 aromatic carbocycles. The fourth-order valence-electron chi connectivity index (χ4n) is 3.88. The van der Waals surface area contributed by atoms with Crippen molar-refractivity contribution in [3.8, 4) is 0 Å². The zero-order valence-corrected chi connectivity index (χ0v) is 20.9. The van der Waals surface area contributed by atoms with Gasteiger partial charge in [-0.2, -0.15) is 0 Å². The third kappa shape index (κ3) is 6.33. The van der Waals surface area contributed by atoms with E-state index in [1.807, 2.05) is 38.1 Å². The molecule has 6 heteroatoms. The summed E-state index contributed by atoms with van der Waals surface area (Å²) in [5.41, 5.74) is 2.15. The predicted molar refractivity (Wildman–Crippen MR) is 146 cm³/mol. The molecule has 0 fully saturated rings. The van der Waals surface area contributed by atoms with Crippen LogP contribution < -0.4 is 10.6 Å². The number of carbonyl (C=O) groups is 2. The first kappa shape index (κ1) is 24.2. The molecule has 0 aromatic heterocycles. The number of hydrogen-bond donors (Lipinski definition) is 2. The topological polar surface area (TPSA) is 58.2 Å². The molecular weight excluding hydrogens is 460 g/mol. The molecule has 34 heavy (non-hydrogen) atoms. The fourth-order valence-corrected chi connectivity index (χ4v) is 5.57. The molecule has 4 nitrogen and oxygen atoms in total. The van der Waals surface area contributed by atoms with Crippen LogP contribution in [-0.2, 0) is 9.59 Å². The maximum absolute atomic E-state index is 12.4. The van der Waals surface area contributed by atoms with E-state index in [1.165, 1.54) is 32.4 Å². The molecule has 2 N–H and O–H groups in total. The van der Waals surface area contributed by atoms with E-state index in [2.05, 4.69) is 71.3 Å². The van der Waals surface area contributed by atoms with Crippen LogP contribution in [0.5, 0.6) is 0 Å². The molecule has 0 saturated heterocycles. The number of nitrogens with one attached hydrogen (secondary N) is 2. The molecule has 2 atom stereocenters. The summed E-state index contributed by atoms with van der Waals surface area (Å²) < 4.78 is 0. The molecule has 0 aliphatic rings. The Morgan fingerprint density at radius 1 is 0.618 bits per heavy atom. The molecule has 2 amide bonds. The summed E-state index contributed by atoms with van der Waals surface area (Å²) in [4.78, 5) is 24.7. The van der Waals surface area contributed by atoms with Crippen molar-refractivity contribution in [2.24, 2.45) is 0 Å². The molecule has 0 aliphatic heterocycles. The Balaban J connectivity index is 1.18. The number of amides is 2. The lowest BCUT2D eigenvalue weighted by Crippen LogP contribution is -2.29. The van der Waals surface area contributed by atoms with E-state index in [1.54, 1.807) is 0 Å². The van der Waals surface area contributed by atoms with Gasteiger partial charge in [-0.25, -0.2) is 0 Å². The second-order valence-corrected chi connectivity index (χ2v) is 10.8. The Morgan fingerprint density at radius 3 is 1.41 bits per heavy atom. The van der Waals surface area contributed by atoms with Crippen molar-refractivity contribution in [3.05, 3.63) is 96.1 Å². The van der Waals surface area contributed by atoms with Gasteiger partial charge in [0.25, 0.3) is 0 Å². The maximum Gasteiger partial charge on any atom is 0.231 e. The zero-order valence-electron chi connectivity index (χ0n) is 19.3. The van der Waals surface area contributed by atoms with Gasteiger partial charge >= 0.3 is 0 Å². The highest BCUT2D eigenvalue weighted by atomic mass is 33.1. The van der Waals surface area contributed by atoms with Crippen LogP contribution in [0.2, 0.25) is 0 Å². The van der Waals surface area contributed by atoms with E-state index in [-0.39, 0.29) is 23.9 Å². The van der Waals surface area contributed by atoms with Crippen LogP contribution in [0.15, 0.2) is 84.9 Å². The van der Waals surface area contributed by atoms with Crippen molar-refractivity contribution in [2.45, 2.75) is 25.9 Å². The summed E-state index contributed by atoms with van der Waals surface area (Å²) in [7, 11) is 2.80. The number of rotatable bonds is 9. The van der Waals surface area contributed by atoms with Crippen molar-refractivity contribution < 1.29 is 9.59 Å². The number of carbonyl (C=O) groups excluding carboxylic acids is 2. The Labute approximate surface area is 208 Å². The Morgan fingerprint density at radius 2 is 1.00 bits per heavy atom. The summed E-state index contributed by atoms with van der Waals surface area (Å²) >= 11 is 0. The second-order valence-electron chi connectivity index (χ2n) is 8.32. The molecule has 0 heterocycles.